The maximum atomic E-state index is 12.7. The lowest BCUT2D eigenvalue weighted by Gasteiger charge is -2.03. The van der Waals surface area contributed by atoms with Crippen molar-refractivity contribution in [1.29, 1.82) is 0 Å². The predicted molar refractivity (Wildman–Crippen MR) is 66.5 cm³/mol. The summed E-state index contributed by atoms with van der Waals surface area (Å²) < 4.78 is 12.7. The molecular formula is C12H13FN4O. The standard InChI is InChI=1S/C12H13FN4O/c1-7-11(14)12(17-16-7)15-10(18)6-8-2-4-9(13)5-3-8/h2-5H,6,14H2,1H3,(H2,15,16,17,18). The average molecular weight is 248 g/mol. The minimum Gasteiger partial charge on any atom is -0.394 e. The quantitative estimate of drug-likeness (QED) is 0.771. The number of nitrogens with zero attached hydrogens (tertiary/aromatic N) is 1. The average Bonchev–Trinajstić information content (AvgIpc) is 2.64. The third kappa shape index (κ3) is 2.65. The molecule has 0 radical (unpaired) electrons. The second-order valence-electron chi connectivity index (χ2n) is 3.96. The molecule has 18 heavy (non-hydrogen) atoms. The highest BCUT2D eigenvalue weighted by Gasteiger charge is 2.10. The molecule has 6 heteroatoms. The fourth-order valence-corrected chi connectivity index (χ4v) is 1.50. The maximum absolute atomic E-state index is 12.7. The zero-order valence-electron chi connectivity index (χ0n) is 9.83. The lowest BCUT2D eigenvalue weighted by atomic mass is 10.1. The van der Waals surface area contributed by atoms with Gasteiger partial charge in [-0.25, -0.2) is 4.39 Å². The highest BCUT2D eigenvalue weighted by Crippen LogP contribution is 2.18. The molecule has 0 fully saturated rings. The van der Waals surface area contributed by atoms with E-state index in [0.717, 1.165) is 5.56 Å². The van der Waals surface area contributed by atoms with Crippen LogP contribution in [0.5, 0.6) is 0 Å². The first-order chi connectivity index (χ1) is 8.56. The Kier molecular flexibility index (Phi) is 3.27. The number of halogens is 1. The van der Waals surface area contributed by atoms with Crippen LogP contribution in [-0.4, -0.2) is 16.1 Å². The molecule has 1 heterocycles. The van der Waals surface area contributed by atoms with Crippen LogP contribution in [0.25, 0.3) is 0 Å². The Bertz CT molecular complexity index is 562. The molecule has 1 aromatic carbocycles. The Morgan fingerprint density at radius 2 is 2.11 bits per heavy atom. The number of aromatic nitrogens is 2. The number of benzene rings is 1. The number of carbonyl (C=O) groups excluding carboxylic acids is 1. The molecule has 0 spiro atoms. The van der Waals surface area contributed by atoms with E-state index in [2.05, 4.69) is 15.5 Å². The summed E-state index contributed by atoms with van der Waals surface area (Å²) in [6.07, 6.45) is 0.144. The van der Waals surface area contributed by atoms with E-state index in [-0.39, 0.29) is 18.1 Å². The molecule has 2 rings (SSSR count). The van der Waals surface area contributed by atoms with Crippen molar-refractivity contribution in [2.24, 2.45) is 0 Å². The first kappa shape index (κ1) is 12.1. The van der Waals surface area contributed by atoms with E-state index in [0.29, 0.717) is 17.2 Å². The van der Waals surface area contributed by atoms with E-state index in [1.807, 2.05) is 0 Å². The SMILES string of the molecule is Cc1[nH]nc(NC(=O)Cc2ccc(F)cc2)c1N. The molecule has 0 aliphatic heterocycles. The van der Waals surface area contributed by atoms with Crippen molar-refractivity contribution < 1.29 is 9.18 Å². The maximum Gasteiger partial charge on any atom is 0.230 e. The normalized spacial score (nSPS) is 10.3. The molecule has 2 aromatic rings. The van der Waals surface area contributed by atoms with Crippen molar-refractivity contribution in [2.75, 3.05) is 11.1 Å². The number of hydrogen-bond donors (Lipinski definition) is 3. The van der Waals surface area contributed by atoms with E-state index in [9.17, 15) is 9.18 Å². The third-order valence-corrected chi connectivity index (χ3v) is 2.53. The zero-order valence-corrected chi connectivity index (χ0v) is 9.83. The number of carbonyl (C=O) groups is 1. The molecular weight excluding hydrogens is 235 g/mol. The van der Waals surface area contributed by atoms with Gasteiger partial charge in [-0.1, -0.05) is 12.1 Å². The van der Waals surface area contributed by atoms with Gasteiger partial charge in [0.2, 0.25) is 5.91 Å². The number of hydrogen-bond acceptors (Lipinski definition) is 3. The minimum absolute atomic E-state index is 0.144. The van der Waals surface area contributed by atoms with Gasteiger partial charge in [0.05, 0.1) is 17.8 Å². The minimum atomic E-state index is -0.327. The summed E-state index contributed by atoms with van der Waals surface area (Å²) in [6.45, 7) is 1.76. The summed E-state index contributed by atoms with van der Waals surface area (Å²) in [5, 5.41) is 9.14. The predicted octanol–water partition coefficient (Wildman–Crippen LogP) is 1.62. The topological polar surface area (TPSA) is 83.8 Å². The fraction of sp³-hybridized carbons (Fsp3) is 0.167. The highest BCUT2D eigenvalue weighted by molar-refractivity contribution is 5.94. The molecule has 0 saturated carbocycles. The summed E-state index contributed by atoms with van der Waals surface area (Å²) in [5.41, 5.74) is 7.55. The van der Waals surface area contributed by atoms with Gasteiger partial charge in [0.15, 0.2) is 5.82 Å². The van der Waals surface area contributed by atoms with Crippen molar-refractivity contribution in [3.05, 3.63) is 41.3 Å². The Morgan fingerprint density at radius 1 is 1.44 bits per heavy atom. The molecule has 0 saturated heterocycles. The number of anilines is 2. The number of nitrogens with one attached hydrogen (secondary N) is 2. The number of aromatic amines is 1. The second-order valence-corrected chi connectivity index (χ2v) is 3.96. The van der Waals surface area contributed by atoms with Gasteiger partial charge in [0.1, 0.15) is 5.82 Å². The molecule has 1 aromatic heterocycles. The second kappa shape index (κ2) is 4.87. The number of H-pyrrole nitrogens is 1. The molecule has 0 atom stereocenters. The molecule has 0 aliphatic carbocycles. The number of amides is 1. The number of rotatable bonds is 3. The number of aryl methyl sites for hydroxylation is 1. The van der Waals surface area contributed by atoms with E-state index < -0.39 is 0 Å². The van der Waals surface area contributed by atoms with Gasteiger partial charge in [-0.05, 0) is 24.6 Å². The first-order valence-corrected chi connectivity index (χ1v) is 5.41. The van der Waals surface area contributed by atoms with Gasteiger partial charge >= 0.3 is 0 Å². The lowest BCUT2D eigenvalue weighted by molar-refractivity contribution is -0.115. The fourth-order valence-electron chi connectivity index (χ4n) is 1.50. The van der Waals surface area contributed by atoms with Crippen LogP contribution in [-0.2, 0) is 11.2 Å². The van der Waals surface area contributed by atoms with E-state index in [1.54, 1.807) is 19.1 Å². The molecule has 0 unspecified atom stereocenters. The van der Waals surface area contributed by atoms with Crippen LogP contribution < -0.4 is 11.1 Å². The van der Waals surface area contributed by atoms with Crippen molar-refractivity contribution in [3.63, 3.8) is 0 Å². The Hall–Kier alpha value is -2.37. The lowest BCUT2D eigenvalue weighted by Crippen LogP contribution is -2.15. The van der Waals surface area contributed by atoms with Crippen LogP contribution in [0.15, 0.2) is 24.3 Å². The number of nitrogen functional groups attached to an aromatic ring is 1. The summed E-state index contributed by atoms with van der Waals surface area (Å²) in [6, 6.07) is 5.76. The van der Waals surface area contributed by atoms with E-state index in [4.69, 9.17) is 5.73 Å². The third-order valence-electron chi connectivity index (χ3n) is 2.53. The first-order valence-electron chi connectivity index (χ1n) is 5.41. The van der Waals surface area contributed by atoms with Crippen LogP contribution >= 0.6 is 0 Å². The van der Waals surface area contributed by atoms with Crippen LogP contribution in [0.1, 0.15) is 11.3 Å². The summed E-state index contributed by atoms with van der Waals surface area (Å²) in [5.74, 6) is -0.259. The smallest absolute Gasteiger partial charge is 0.230 e. The Morgan fingerprint density at radius 3 is 2.67 bits per heavy atom. The van der Waals surface area contributed by atoms with E-state index >= 15 is 0 Å². The molecule has 94 valence electrons. The monoisotopic (exact) mass is 248 g/mol. The van der Waals surface area contributed by atoms with Gasteiger partial charge in [0.25, 0.3) is 0 Å². The van der Waals surface area contributed by atoms with Crippen molar-refractivity contribution in [1.82, 2.24) is 10.2 Å². The Balaban J connectivity index is 2.01. The molecule has 0 aliphatic rings. The largest absolute Gasteiger partial charge is 0.394 e. The van der Waals surface area contributed by atoms with Crippen LogP contribution in [0.3, 0.4) is 0 Å². The van der Waals surface area contributed by atoms with Gasteiger partial charge in [-0.2, -0.15) is 5.10 Å². The van der Waals surface area contributed by atoms with Gasteiger partial charge in [-0.15, -0.1) is 0 Å². The molecule has 1 amide bonds. The van der Waals surface area contributed by atoms with Crippen LogP contribution in [0.2, 0.25) is 0 Å². The van der Waals surface area contributed by atoms with Crippen molar-refractivity contribution in [3.8, 4) is 0 Å². The molecule has 0 bridgehead atoms. The zero-order chi connectivity index (χ0) is 13.1. The van der Waals surface area contributed by atoms with Gasteiger partial charge in [-0.3, -0.25) is 9.89 Å². The molecule has 4 N–H and O–H groups in total. The van der Waals surface area contributed by atoms with Gasteiger partial charge < -0.3 is 11.1 Å². The Labute approximate surface area is 103 Å². The van der Waals surface area contributed by atoms with E-state index in [1.165, 1.54) is 12.1 Å². The highest BCUT2D eigenvalue weighted by atomic mass is 19.1. The van der Waals surface area contributed by atoms with Crippen molar-refractivity contribution in [2.45, 2.75) is 13.3 Å². The molecule has 5 nitrogen and oxygen atoms in total. The summed E-state index contributed by atoms with van der Waals surface area (Å²) in [4.78, 5) is 11.7. The van der Waals surface area contributed by atoms with Crippen LogP contribution in [0, 0.1) is 12.7 Å². The van der Waals surface area contributed by atoms with Gasteiger partial charge in [0, 0.05) is 0 Å². The summed E-state index contributed by atoms with van der Waals surface area (Å²) >= 11 is 0. The number of nitrogens with two attached hydrogens (primary N) is 1. The summed E-state index contributed by atoms with van der Waals surface area (Å²) in [7, 11) is 0. The van der Waals surface area contributed by atoms with Crippen LogP contribution in [0.4, 0.5) is 15.9 Å². The van der Waals surface area contributed by atoms with Crippen molar-refractivity contribution >= 4 is 17.4 Å².